The van der Waals surface area contributed by atoms with Gasteiger partial charge in [0.2, 0.25) is 0 Å². The van der Waals surface area contributed by atoms with Gasteiger partial charge in [0.1, 0.15) is 0 Å². The molecule has 0 aliphatic heterocycles. The first kappa shape index (κ1) is 48.3. The minimum absolute atomic E-state index is 0.939. The summed E-state index contributed by atoms with van der Waals surface area (Å²) in [6.45, 7) is 4.57. The molecule has 0 aromatic carbocycles. The van der Waals surface area contributed by atoms with Crippen molar-refractivity contribution < 1.29 is 26.6 Å². The third-order valence-corrected chi connectivity index (χ3v) is 15.2. The summed E-state index contributed by atoms with van der Waals surface area (Å²) in [7, 11) is 5.54. The fourth-order valence-electron chi connectivity index (χ4n) is 6.18. The summed E-state index contributed by atoms with van der Waals surface area (Å²) in [5, 5.41) is 0. The molecule has 0 unspecified atom stereocenters. The van der Waals surface area contributed by atoms with Gasteiger partial charge in [-0.05, 0) is 12.8 Å². The van der Waals surface area contributed by atoms with Crippen LogP contribution in [0.4, 0.5) is 0 Å². The second kappa shape index (κ2) is 38.0. The first-order chi connectivity index (χ1) is 22.5. The van der Waals surface area contributed by atoms with Gasteiger partial charge in [-0.3, -0.25) is 0 Å². The maximum atomic E-state index is 5.44. The predicted octanol–water partition coefficient (Wildman–Crippen LogP) is 12.7. The van der Waals surface area contributed by atoms with Crippen LogP contribution in [0.5, 0.6) is 0 Å². The van der Waals surface area contributed by atoms with E-state index in [0.717, 1.165) is 24.9 Å². The molecule has 0 aromatic heterocycles. The third kappa shape index (κ3) is 30.3. The van der Waals surface area contributed by atoms with Crippen molar-refractivity contribution in [2.24, 2.45) is 0 Å². The molecule has 0 bridgehead atoms. The fraction of sp³-hybridized carbons (Fsp3) is 1.00. The molecule has 0 atom stereocenters. The maximum Gasteiger partial charge on any atom is 0.500 e. The topological polar surface area (TPSA) is 55.4 Å². The highest BCUT2D eigenvalue weighted by Gasteiger charge is 2.37. The van der Waals surface area contributed by atoms with Gasteiger partial charge in [0, 0.05) is 54.7 Å². The lowest BCUT2D eigenvalue weighted by Gasteiger charge is -2.24. The molecule has 6 nitrogen and oxygen atoms in total. The van der Waals surface area contributed by atoms with E-state index < -0.39 is 17.6 Å². The van der Waals surface area contributed by atoms with Crippen molar-refractivity contribution in [1.29, 1.82) is 0 Å². The molecule has 0 heterocycles. The zero-order valence-electron chi connectivity index (χ0n) is 32.7. The lowest BCUT2D eigenvalue weighted by Crippen LogP contribution is -2.42. The van der Waals surface area contributed by atoms with Crippen molar-refractivity contribution in [3.63, 3.8) is 0 Å². The van der Waals surface area contributed by atoms with Crippen molar-refractivity contribution in [1.82, 2.24) is 0 Å². The lowest BCUT2D eigenvalue weighted by molar-refractivity contribution is 0.122. The summed E-state index contributed by atoms with van der Waals surface area (Å²) >= 11 is 0. The summed E-state index contributed by atoms with van der Waals surface area (Å²) in [6, 6.07) is 1.88. The molecule has 0 aromatic rings. The second-order valence-corrected chi connectivity index (χ2v) is 19.5. The Balaban J connectivity index is 0. The molecule has 0 amide bonds. The Labute approximate surface area is 291 Å². The van der Waals surface area contributed by atoms with E-state index >= 15 is 0 Å². The van der Waals surface area contributed by atoms with E-state index in [9.17, 15) is 0 Å². The van der Waals surface area contributed by atoms with E-state index in [1.54, 1.807) is 42.7 Å². The van der Waals surface area contributed by atoms with E-state index in [1.165, 1.54) is 167 Å². The summed E-state index contributed by atoms with van der Waals surface area (Å²) in [4.78, 5) is 0. The van der Waals surface area contributed by atoms with Crippen molar-refractivity contribution >= 4 is 17.6 Å². The highest BCUT2D eigenvalue weighted by Crippen LogP contribution is 2.20. The molecule has 0 spiro atoms. The molecule has 0 aliphatic carbocycles. The van der Waals surface area contributed by atoms with Crippen LogP contribution >= 0.6 is 0 Å². The Hall–Kier alpha value is 0.194. The van der Waals surface area contributed by atoms with Gasteiger partial charge in [0.25, 0.3) is 0 Å². The van der Waals surface area contributed by atoms with Crippen LogP contribution in [0.1, 0.15) is 194 Å². The van der Waals surface area contributed by atoms with E-state index in [1.807, 2.05) is 0 Å². The summed E-state index contributed by atoms with van der Waals surface area (Å²) < 4.78 is 32.7. The highest BCUT2D eigenvalue weighted by atomic mass is 28.4. The molecule has 0 saturated carbocycles. The number of hydrogen-bond donors (Lipinski definition) is 0. The van der Waals surface area contributed by atoms with Gasteiger partial charge in [-0.25, -0.2) is 0 Å². The van der Waals surface area contributed by atoms with E-state index in [4.69, 9.17) is 26.6 Å². The molecule has 8 heteroatoms. The highest BCUT2D eigenvalue weighted by molar-refractivity contribution is 6.60. The molecule has 0 aliphatic rings. The molecule has 0 radical (unpaired) electrons. The SMILES string of the molecule is CCCCCCCCCCCCCCCC[Si](OC)(OC)OC.CCCCCCCCCCCCCCCC[Si](OC)(OC)OC. The van der Waals surface area contributed by atoms with E-state index in [2.05, 4.69) is 13.8 Å². The number of rotatable bonds is 36. The van der Waals surface area contributed by atoms with Gasteiger partial charge in [-0.15, -0.1) is 0 Å². The van der Waals surface area contributed by atoms with Crippen LogP contribution < -0.4 is 0 Å². The number of hydrogen-bond acceptors (Lipinski definition) is 6. The molecule has 280 valence electrons. The maximum absolute atomic E-state index is 5.44. The molecule has 46 heavy (non-hydrogen) atoms. The van der Waals surface area contributed by atoms with E-state index in [-0.39, 0.29) is 0 Å². The molecule has 0 rings (SSSR count). The first-order valence-electron chi connectivity index (χ1n) is 19.8. The normalized spacial score (nSPS) is 12.0. The van der Waals surface area contributed by atoms with Gasteiger partial charge in [-0.1, -0.05) is 181 Å². The summed E-state index contributed by atoms with van der Waals surface area (Å²) in [5.41, 5.74) is 0. The van der Waals surface area contributed by atoms with Crippen LogP contribution in [-0.2, 0) is 26.6 Å². The average molecular weight is 693 g/mol. The van der Waals surface area contributed by atoms with Crippen LogP contribution in [0.15, 0.2) is 0 Å². The third-order valence-electron chi connectivity index (χ3n) is 9.54. The Bertz CT molecular complexity index is 497. The molecular formula is C38H84O6Si2. The quantitative estimate of drug-likeness (QED) is 0.0481. The molecule has 0 saturated heterocycles. The summed E-state index contributed by atoms with van der Waals surface area (Å²) in [6.07, 6.45) is 38.7. The van der Waals surface area contributed by atoms with E-state index in [0.29, 0.717) is 0 Å². The second-order valence-electron chi connectivity index (χ2n) is 13.3. The predicted molar refractivity (Wildman–Crippen MR) is 204 cm³/mol. The zero-order valence-corrected chi connectivity index (χ0v) is 34.7. The Kier molecular flexibility index (Phi) is 39.9. The van der Waals surface area contributed by atoms with Gasteiger partial charge >= 0.3 is 17.6 Å². The van der Waals surface area contributed by atoms with Crippen molar-refractivity contribution in [2.75, 3.05) is 42.7 Å². The number of unbranched alkanes of at least 4 members (excludes halogenated alkanes) is 26. The fourth-order valence-corrected chi connectivity index (χ4v) is 9.78. The van der Waals surface area contributed by atoms with Crippen LogP contribution in [0.3, 0.4) is 0 Å². The Morgan fingerprint density at radius 1 is 0.239 bits per heavy atom. The molecule has 0 fully saturated rings. The van der Waals surface area contributed by atoms with Gasteiger partial charge < -0.3 is 26.6 Å². The lowest BCUT2D eigenvalue weighted by atomic mass is 10.0. The Morgan fingerprint density at radius 2 is 0.391 bits per heavy atom. The van der Waals surface area contributed by atoms with Crippen LogP contribution in [0.25, 0.3) is 0 Å². The van der Waals surface area contributed by atoms with Gasteiger partial charge in [-0.2, -0.15) is 0 Å². The Morgan fingerprint density at radius 3 is 0.543 bits per heavy atom. The van der Waals surface area contributed by atoms with Crippen molar-refractivity contribution in [3.8, 4) is 0 Å². The molecule has 0 N–H and O–H groups in total. The standard InChI is InChI=1S/2C19H42O3Si/c2*1-5-6-7-8-9-10-11-12-13-14-15-16-17-18-19-23(20-2,21-3)22-4/h2*5-19H2,1-4H3. The zero-order chi connectivity index (χ0) is 34.5. The largest absolute Gasteiger partial charge is 0.500 e. The van der Waals surface area contributed by atoms with Crippen molar-refractivity contribution in [2.45, 2.75) is 206 Å². The first-order valence-corrected chi connectivity index (χ1v) is 23.7. The minimum atomic E-state index is -2.32. The average Bonchev–Trinajstić information content (AvgIpc) is 3.09. The van der Waals surface area contributed by atoms with Crippen LogP contribution in [-0.4, -0.2) is 60.3 Å². The van der Waals surface area contributed by atoms with Crippen LogP contribution in [0, 0.1) is 0 Å². The van der Waals surface area contributed by atoms with Gasteiger partial charge in [0.15, 0.2) is 0 Å². The summed E-state index contributed by atoms with van der Waals surface area (Å²) in [5.74, 6) is 0. The smallest absolute Gasteiger partial charge is 0.377 e. The van der Waals surface area contributed by atoms with Gasteiger partial charge in [0.05, 0.1) is 0 Å². The van der Waals surface area contributed by atoms with Crippen LogP contribution in [0.2, 0.25) is 12.1 Å². The minimum Gasteiger partial charge on any atom is -0.377 e. The monoisotopic (exact) mass is 693 g/mol. The van der Waals surface area contributed by atoms with Crippen molar-refractivity contribution in [3.05, 3.63) is 0 Å². The molecular weight excluding hydrogens is 609 g/mol.